The van der Waals surface area contributed by atoms with Gasteiger partial charge < -0.3 is 5.32 Å². The Kier molecular flexibility index (Phi) is 4.35. The first-order valence-electron chi connectivity index (χ1n) is 5.55. The molecule has 0 bridgehead atoms. The average Bonchev–Trinajstić information content (AvgIpc) is 2.78. The number of aryl methyl sites for hydroxylation is 1. The number of hydrogen-bond acceptors (Lipinski definition) is 2. The highest BCUT2D eigenvalue weighted by atomic mass is 35.5. The van der Waals surface area contributed by atoms with Crippen LogP contribution in [-0.4, -0.2) is 5.91 Å². The van der Waals surface area contributed by atoms with Crippen molar-refractivity contribution < 1.29 is 9.18 Å². The number of thiophene rings is 1. The lowest BCUT2D eigenvalue weighted by Gasteiger charge is -2.04. The molecule has 0 fully saturated rings. The number of rotatable bonds is 3. The van der Waals surface area contributed by atoms with Crippen LogP contribution in [0.4, 0.5) is 10.1 Å². The van der Waals surface area contributed by atoms with Crippen LogP contribution in [0.5, 0.6) is 0 Å². The quantitative estimate of drug-likeness (QED) is 0.830. The second kappa shape index (κ2) is 5.99. The molecule has 0 saturated heterocycles. The molecule has 0 radical (unpaired) electrons. The molecule has 1 amide bonds. The molecule has 0 aliphatic rings. The Morgan fingerprint density at radius 2 is 2.21 bits per heavy atom. The first kappa shape index (κ1) is 13.8. The molecule has 0 spiro atoms. The summed E-state index contributed by atoms with van der Waals surface area (Å²) in [6.45, 7) is 1.96. The number of anilines is 1. The number of carbonyl (C=O) groups is 1. The maximum Gasteiger partial charge on any atom is 0.248 e. The van der Waals surface area contributed by atoms with Crippen molar-refractivity contribution in [3.05, 3.63) is 57.0 Å². The van der Waals surface area contributed by atoms with Crippen molar-refractivity contribution >= 4 is 40.6 Å². The van der Waals surface area contributed by atoms with Crippen LogP contribution in [0.1, 0.15) is 10.4 Å². The normalized spacial score (nSPS) is 10.9. The summed E-state index contributed by atoms with van der Waals surface area (Å²) in [6.07, 6.45) is 3.08. The molecular formula is C14H11ClFNOS. The van der Waals surface area contributed by atoms with Crippen LogP contribution >= 0.6 is 22.9 Å². The van der Waals surface area contributed by atoms with Gasteiger partial charge in [0.05, 0.1) is 10.7 Å². The van der Waals surface area contributed by atoms with Gasteiger partial charge in [0.25, 0.3) is 0 Å². The second-order valence-corrected chi connectivity index (χ2v) is 5.25. The van der Waals surface area contributed by atoms with E-state index in [4.69, 9.17) is 11.6 Å². The highest BCUT2D eigenvalue weighted by Crippen LogP contribution is 2.22. The summed E-state index contributed by atoms with van der Waals surface area (Å²) in [6, 6.07) is 6.44. The number of benzene rings is 1. The number of nitrogens with one attached hydrogen (secondary N) is 1. The molecule has 1 N–H and O–H groups in total. The van der Waals surface area contributed by atoms with Crippen LogP contribution in [-0.2, 0) is 4.79 Å². The summed E-state index contributed by atoms with van der Waals surface area (Å²) >= 11 is 7.18. The van der Waals surface area contributed by atoms with Gasteiger partial charge in [-0.2, -0.15) is 0 Å². The van der Waals surface area contributed by atoms with Crippen molar-refractivity contribution in [2.75, 3.05) is 5.32 Å². The zero-order chi connectivity index (χ0) is 13.8. The molecule has 98 valence electrons. The van der Waals surface area contributed by atoms with E-state index in [1.54, 1.807) is 23.5 Å². The van der Waals surface area contributed by atoms with Crippen LogP contribution in [0.3, 0.4) is 0 Å². The first-order valence-corrected chi connectivity index (χ1v) is 6.81. The van der Waals surface area contributed by atoms with E-state index in [0.29, 0.717) is 0 Å². The molecule has 19 heavy (non-hydrogen) atoms. The Bertz CT molecular complexity index is 636. The summed E-state index contributed by atoms with van der Waals surface area (Å²) < 4.78 is 13.6. The lowest BCUT2D eigenvalue weighted by atomic mass is 10.2. The van der Waals surface area contributed by atoms with Crippen LogP contribution < -0.4 is 5.32 Å². The third kappa shape index (κ3) is 3.43. The van der Waals surface area contributed by atoms with Gasteiger partial charge in [0.2, 0.25) is 5.91 Å². The fraction of sp³-hybridized carbons (Fsp3) is 0.0714. The maximum atomic E-state index is 13.6. The van der Waals surface area contributed by atoms with Crippen molar-refractivity contribution in [2.45, 2.75) is 6.92 Å². The number of hydrogen-bond donors (Lipinski definition) is 1. The molecule has 1 heterocycles. The molecule has 0 atom stereocenters. The van der Waals surface area contributed by atoms with E-state index in [-0.39, 0.29) is 10.7 Å². The van der Waals surface area contributed by atoms with Crippen molar-refractivity contribution in [3.8, 4) is 0 Å². The smallest absolute Gasteiger partial charge is 0.248 e. The van der Waals surface area contributed by atoms with E-state index >= 15 is 0 Å². The van der Waals surface area contributed by atoms with Crippen LogP contribution in [0.25, 0.3) is 6.08 Å². The molecular weight excluding hydrogens is 285 g/mol. The molecule has 1 aromatic heterocycles. The van der Waals surface area contributed by atoms with Gasteiger partial charge in [0, 0.05) is 11.0 Å². The third-order valence-electron chi connectivity index (χ3n) is 2.50. The monoisotopic (exact) mass is 295 g/mol. The SMILES string of the molecule is Cc1ccsc1/C=C/C(=O)Nc1cccc(Cl)c1F. The van der Waals surface area contributed by atoms with Crippen molar-refractivity contribution in [3.63, 3.8) is 0 Å². The first-order chi connectivity index (χ1) is 9.08. The fourth-order valence-corrected chi connectivity index (χ4v) is 2.48. The molecule has 2 nitrogen and oxygen atoms in total. The minimum absolute atomic E-state index is 0.0177. The van der Waals surface area contributed by atoms with E-state index in [9.17, 15) is 9.18 Å². The summed E-state index contributed by atoms with van der Waals surface area (Å²) in [5, 5.41) is 4.38. The predicted molar refractivity (Wildman–Crippen MR) is 78.1 cm³/mol. The number of amides is 1. The summed E-state index contributed by atoms with van der Waals surface area (Å²) in [5.41, 5.74) is 1.17. The average molecular weight is 296 g/mol. The Labute approximate surface area is 119 Å². The summed E-state index contributed by atoms with van der Waals surface area (Å²) in [7, 11) is 0. The van der Waals surface area contributed by atoms with Gasteiger partial charge in [-0.05, 0) is 42.1 Å². The highest BCUT2D eigenvalue weighted by molar-refractivity contribution is 7.11. The Balaban J connectivity index is 2.08. The van der Waals surface area contributed by atoms with E-state index in [1.165, 1.54) is 18.2 Å². The van der Waals surface area contributed by atoms with E-state index in [2.05, 4.69) is 5.32 Å². The summed E-state index contributed by atoms with van der Waals surface area (Å²) in [5.74, 6) is -1.02. The molecule has 0 aliphatic heterocycles. The maximum absolute atomic E-state index is 13.6. The van der Waals surface area contributed by atoms with E-state index in [0.717, 1.165) is 10.4 Å². The van der Waals surface area contributed by atoms with Gasteiger partial charge in [0.15, 0.2) is 5.82 Å². The molecule has 2 aromatic rings. The largest absolute Gasteiger partial charge is 0.320 e. The van der Waals surface area contributed by atoms with Gasteiger partial charge in [-0.1, -0.05) is 17.7 Å². The van der Waals surface area contributed by atoms with Crippen LogP contribution in [0, 0.1) is 12.7 Å². The summed E-state index contributed by atoms with van der Waals surface area (Å²) in [4.78, 5) is 12.7. The Morgan fingerprint density at radius 3 is 2.89 bits per heavy atom. The van der Waals surface area contributed by atoms with Gasteiger partial charge in [0.1, 0.15) is 0 Å². The molecule has 2 rings (SSSR count). The zero-order valence-corrected chi connectivity index (χ0v) is 11.7. The van der Waals surface area contributed by atoms with Crippen LogP contribution in [0.15, 0.2) is 35.7 Å². The topological polar surface area (TPSA) is 29.1 Å². The molecule has 0 saturated carbocycles. The lowest BCUT2D eigenvalue weighted by Crippen LogP contribution is -2.09. The predicted octanol–water partition coefficient (Wildman–Crippen LogP) is 4.50. The highest BCUT2D eigenvalue weighted by Gasteiger charge is 2.07. The van der Waals surface area contributed by atoms with Crippen molar-refractivity contribution in [1.29, 1.82) is 0 Å². The third-order valence-corrected chi connectivity index (χ3v) is 3.77. The van der Waals surface area contributed by atoms with Gasteiger partial charge in [-0.3, -0.25) is 4.79 Å². The van der Waals surface area contributed by atoms with Gasteiger partial charge >= 0.3 is 0 Å². The second-order valence-electron chi connectivity index (χ2n) is 3.89. The molecule has 0 unspecified atom stereocenters. The molecule has 1 aromatic carbocycles. The van der Waals surface area contributed by atoms with Crippen molar-refractivity contribution in [2.24, 2.45) is 0 Å². The minimum Gasteiger partial charge on any atom is -0.320 e. The standard InChI is InChI=1S/C14H11ClFNOS/c1-9-7-8-19-12(9)5-6-13(18)17-11-4-2-3-10(15)14(11)16/h2-8H,1H3,(H,17,18)/b6-5+. The lowest BCUT2D eigenvalue weighted by molar-refractivity contribution is -0.111. The number of halogens is 2. The molecule has 5 heteroatoms. The van der Waals surface area contributed by atoms with Gasteiger partial charge in [-0.25, -0.2) is 4.39 Å². The van der Waals surface area contributed by atoms with Crippen molar-refractivity contribution in [1.82, 2.24) is 0 Å². The number of carbonyl (C=O) groups excluding carboxylic acids is 1. The van der Waals surface area contributed by atoms with E-state index < -0.39 is 11.7 Å². The zero-order valence-electron chi connectivity index (χ0n) is 10.1. The van der Waals surface area contributed by atoms with Gasteiger partial charge in [-0.15, -0.1) is 11.3 Å². The fourth-order valence-electron chi connectivity index (χ4n) is 1.48. The Morgan fingerprint density at radius 1 is 1.42 bits per heavy atom. The van der Waals surface area contributed by atoms with Crippen LogP contribution in [0.2, 0.25) is 5.02 Å². The Hall–Kier alpha value is -1.65. The minimum atomic E-state index is -0.627. The van der Waals surface area contributed by atoms with E-state index in [1.807, 2.05) is 18.4 Å². The molecule has 0 aliphatic carbocycles.